The molecular weight excluding hydrogens is 825 g/mol. The fourth-order valence-corrected chi connectivity index (χ4v) is 9.35. The molecule has 0 atom stereocenters. The van der Waals surface area contributed by atoms with Gasteiger partial charge in [-0.05, 0) is 107 Å². The van der Waals surface area contributed by atoms with Crippen LogP contribution in [0, 0.1) is 5.41 Å². The van der Waals surface area contributed by atoms with Crippen LogP contribution in [0.2, 0.25) is 0 Å². The summed E-state index contributed by atoms with van der Waals surface area (Å²) in [7, 11) is -3.04. The molecule has 0 saturated carbocycles. The zero-order valence-corrected chi connectivity index (χ0v) is 34.7. The van der Waals surface area contributed by atoms with Crippen LogP contribution in [0.5, 0.6) is 11.5 Å². The van der Waals surface area contributed by atoms with Gasteiger partial charge < -0.3 is 14.6 Å². The minimum Gasteiger partial charge on any atom is -0.478 e. The molecule has 13 nitrogen and oxygen atoms in total. The highest BCUT2D eigenvalue weighted by molar-refractivity contribution is 7.91. The van der Waals surface area contributed by atoms with Crippen molar-refractivity contribution >= 4 is 43.7 Å². The second kappa shape index (κ2) is 17.4. The standard InChI is InChI=1S/C25H28F2N2O5S.C18H16F2N2O4/c1-16(2)28-21-13-17(22(30)15-25(3)9-11-35(32,33)12-10-25)7-8-20(21)29(24(28)31)18-5-4-6-19(14-18)34-23(26)27;1-10(2)21-15-8-11(16(23)24)6-7-14(15)22(18(21)25)12-4-3-5-13(9-12)26-17(19)20/h4-8,13-14,16,23H,9-12,15H2,1-3H3;3-10,17H,1-2H3,(H,23,24). The van der Waals surface area contributed by atoms with Gasteiger partial charge in [0, 0.05) is 36.2 Å². The molecule has 0 unspecified atom stereocenters. The van der Waals surface area contributed by atoms with Gasteiger partial charge >= 0.3 is 30.6 Å². The minimum absolute atomic E-state index is 0.0545. The van der Waals surface area contributed by atoms with E-state index in [9.17, 15) is 50.3 Å². The summed E-state index contributed by atoms with van der Waals surface area (Å²) in [6.07, 6.45) is 1.09. The smallest absolute Gasteiger partial charge is 0.387 e. The maximum atomic E-state index is 13.4. The molecule has 0 amide bonds. The molecule has 18 heteroatoms. The van der Waals surface area contributed by atoms with E-state index in [1.165, 1.54) is 68.3 Å². The molecule has 1 N–H and O–H groups in total. The highest BCUT2D eigenvalue weighted by Crippen LogP contribution is 2.37. The third kappa shape index (κ3) is 9.58. The Bertz CT molecular complexity index is 2850. The van der Waals surface area contributed by atoms with Crippen LogP contribution in [0.25, 0.3) is 33.4 Å². The number of benzene rings is 4. The van der Waals surface area contributed by atoms with Gasteiger partial charge in [-0.25, -0.2) is 22.8 Å². The van der Waals surface area contributed by atoms with Crippen LogP contribution in [0.1, 0.15) is 86.7 Å². The first-order valence-electron chi connectivity index (χ1n) is 19.3. The summed E-state index contributed by atoms with van der Waals surface area (Å²) in [5.74, 6) is -1.19. The molecular formula is C43H44F4N4O9S. The lowest BCUT2D eigenvalue weighted by molar-refractivity contribution is -0.0505. The molecule has 3 heterocycles. The monoisotopic (exact) mass is 868 g/mol. The van der Waals surface area contributed by atoms with Crippen molar-refractivity contribution in [2.24, 2.45) is 5.41 Å². The maximum Gasteiger partial charge on any atom is 0.387 e. The Morgan fingerprint density at radius 3 is 1.51 bits per heavy atom. The van der Waals surface area contributed by atoms with Crippen LogP contribution in [0.4, 0.5) is 17.6 Å². The number of ether oxygens (including phenoxy) is 2. The van der Waals surface area contributed by atoms with Gasteiger partial charge in [-0.15, -0.1) is 0 Å². The number of aromatic carboxylic acids is 1. The summed E-state index contributed by atoms with van der Waals surface area (Å²) in [4.78, 5) is 50.7. The summed E-state index contributed by atoms with van der Waals surface area (Å²) in [6.45, 7) is 3.27. The van der Waals surface area contributed by atoms with E-state index in [1.54, 1.807) is 48.7 Å². The van der Waals surface area contributed by atoms with Gasteiger partial charge in [0.25, 0.3) is 0 Å². The van der Waals surface area contributed by atoms with Crippen molar-refractivity contribution in [3.63, 3.8) is 0 Å². The summed E-state index contributed by atoms with van der Waals surface area (Å²) < 4.78 is 88.6. The summed E-state index contributed by atoms with van der Waals surface area (Å²) in [5.41, 5.74) is 2.06. The molecule has 0 radical (unpaired) electrons. The van der Waals surface area contributed by atoms with Crippen molar-refractivity contribution in [1.82, 2.24) is 18.3 Å². The number of nitrogens with zero attached hydrogens (tertiary/aromatic N) is 4. The number of alkyl halides is 4. The van der Waals surface area contributed by atoms with E-state index in [0.717, 1.165) is 0 Å². The number of hydrogen-bond donors (Lipinski definition) is 1. The molecule has 7 rings (SSSR count). The topological polar surface area (TPSA) is 161 Å². The lowest BCUT2D eigenvalue weighted by atomic mass is 9.78. The van der Waals surface area contributed by atoms with E-state index in [1.807, 2.05) is 20.8 Å². The number of carbonyl (C=O) groups excluding carboxylic acids is 1. The van der Waals surface area contributed by atoms with Gasteiger partial charge in [-0.3, -0.25) is 23.1 Å². The number of sulfone groups is 1. The largest absolute Gasteiger partial charge is 0.478 e. The Hall–Kier alpha value is -6.17. The van der Waals surface area contributed by atoms with Crippen molar-refractivity contribution < 1.29 is 50.1 Å². The first kappa shape index (κ1) is 44.4. The maximum absolute atomic E-state index is 13.4. The van der Waals surface area contributed by atoms with Crippen LogP contribution in [0.3, 0.4) is 0 Å². The molecule has 4 aromatic carbocycles. The van der Waals surface area contributed by atoms with E-state index in [4.69, 9.17) is 0 Å². The minimum atomic E-state index is -3.04. The molecule has 0 bridgehead atoms. The Morgan fingerprint density at radius 2 is 1.10 bits per heavy atom. The summed E-state index contributed by atoms with van der Waals surface area (Å²) in [6, 6.07) is 20.6. The number of halogens is 4. The van der Waals surface area contributed by atoms with Gasteiger partial charge in [0.05, 0.1) is 50.5 Å². The van der Waals surface area contributed by atoms with Gasteiger partial charge in [0.1, 0.15) is 21.3 Å². The highest BCUT2D eigenvalue weighted by Gasteiger charge is 2.35. The van der Waals surface area contributed by atoms with Crippen LogP contribution < -0.4 is 20.9 Å². The third-order valence-corrected chi connectivity index (χ3v) is 12.2. The van der Waals surface area contributed by atoms with E-state index in [0.29, 0.717) is 51.8 Å². The molecule has 324 valence electrons. The molecule has 0 spiro atoms. The number of carboxylic acids is 1. The fraction of sp³-hybridized carbons (Fsp3) is 0.349. The van der Waals surface area contributed by atoms with Gasteiger partial charge in [-0.1, -0.05) is 19.1 Å². The molecule has 61 heavy (non-hydrogen) atoms. The van der Waals surface area contributed by atoms with Crippen LogP contribution in [-0.2, 0) is 9.84 Å². The summed E-state index contributed by atoms with van der Waals surface area (Å²) >= 11 is 0. The van der Waals surface area contributed by atoms with Crippen molar-refractivity contribution in [2.45, 2.75) is 79.2 Å². The fourth-order valence-electron chi connectivity index (χ4n) is 7.54. The van der Waals surface area contributed by atoms with E-state index in [-0.39, 0.29) is 58.5 Å². The average Bonchev–Trinajstić information content (AvgIpc) is 3.65. The first-order valence-corrected chi connectivity index (χ1v) is 21.1. The van der Waals surface area contributed by atoms with Gasteiger partial charge in [-0.2, -0.15) is 17.6 Å². The Balaban J connectivity index is 0.000000213. The third-order valence-electron chi connectivity index (χ3n) is 10.6. The Labute approximate surface area is 347 Å². The quantitative estimate of drug-likeness (QED) is 0.0941. The van der Waals surface area contributed by atoms with Crippen LogP contribution in [0.15, 0.2) is 94.5 Å². The SMILES string of the molecule is CC(C)n1c(=O)n(-c2cccc(OC(F)F)c2)c2ccc(C(=O)CC3(C)CCS(=O)(=O)CC3)cc21.CC(C)n1c(=O)n(-c2cccc(OC(F)F)c2)c2ccc(C(=O)O)cc21. The normalized spacial score (nSPS) is 14.8. The lowest BCUT2D eigenvalue weighted by Crippen LogP contribution is -2.33. The molecule has 1 aliphatic heterocycles. The Morgan fingerprint density at radius 1 is 0.672 bits per heavy atom. The molecule has 6 aromatic rings. The van der Waals surface area contributed by atoms with E-state index in [2.05, 4.69) is 9.47 Å². The van der Waals surface area contributed by atoms with Gasteiger partial charge in [0.15, 0.2) is 5.78 Å². The predicted molar refractivity (Wildman–Crippen MR) is 221 cm³/mol. The zero-order valence-electron chi connectivity index (χ0n) is 33.8. The molecule has 0 aliphatic carbocycles. The first-order chi connectivity index (χ1) is 28.7. The Kier molecular flexibility index (Phi) is 12.7. The predicted octanol–water partition coefficient (Wildman–Crippen LogP) is 8.43. The van der Waals surface area contributed by atoms with Crippen LogP contribution in [-0.4, -0.2) is 68.3 Å². The second-order valence-corrected chi connectivity index (χ2v) is 18.0. The number of aromatic nitrogens is 4. The number of carboxylic acid groups (broad SMARTS) is 1. The average molecular weight is 869 g/mol. The number of ketones is 1. The van der Waals surface area contributed by atoms with Crippen molar-refractivity contribution in [2.75, 3.05) is 11.5 Å². The number of fused-ring (bicyclic) bond motifs is 2. The number of hydrogen-bond acceptors (Lipinski definition) is 8. The number of carbonyl (C=O) groups is 2. The summed E-state index contributed by atoms with van der Waals surface area (Å²) in [5, 5.41) is 9.21. The highest BCUT2D eigenvalue weighted by atomic mass is 32.2. The number of Topliss-reactive ketones (excluding diaryl/α,β-unsaturated/α-hetero) is 1. The second-order valence-electron chi connectivity index (χ2n) is 15.7. The zero-order chi connectivity index (χ0) is 44.6. The van der Waals surface area contributed by atoms with E-state index < -0.39 is 40.1 Å². The number of imidazole rings is 2. The molecule has 1 fully saturated rings. The molecule has 1 aliphatic rings. The van der Waals surface area contributed by atoms with Gasteiger partial charge in [0.2, 0.25) is 0 Å². The lowest BCUT2D eigenvalue weighted by Gasteiger charge is -2.32. The van der Waals surface area contributed by atoms with Crippen LogP contribution >= 0.6 is 0 Å². The van der Waals surface area contributed by atoms with Crippen molar-refractivity contribution in [3.05, 3.63) is 117 Å². The molecule has 1 saturated heterocycles. The van der Waals surface area contributed by atoms with Crippen molar-refractivity contribution in [3.8, 4) is 22.9 Å². The van der Waals surface area contributed by atoms with Crippen molar-refractivity contribution in [1.29, 1.82) is 0 Å². The molecule has 2 aromatic heterocycles. The van der Waals surface area contributed by atoms with E-state index >= 15 is 0 Å². The number of rotatable bonds is 12.